The Balaban J connectivity index is 1.69. The molecule has 23 heavy (non-hydrogen) atoms. The minimum atomic E-state index is -0.203. The van der Waals surface area contributed by atoms with E-state index in [9.17, 15) is 4.79 Å². The molecule has 0 spiro atoms. The molecule has 7 heteroatoms. The molecule has 1 aliphatic rings. The number of hydrogen-bond acceptors (Lipinski definition) is 5. The molecule has 0 saturated carbocycles. The van der Waals surface area contributed by atoms with Crippen LogP contribution in [0.3, 0.4) is 0 Å². The summed E-state index contributed by atoms with van der Waals surface area (Å²) in [4.78, 5) is 18.9. The van der Waals surface area contributed by atoms with E-state index in [0.29, 0.717) is 28.3 Å². The molecule has 1 aliphatic heterocycles. The van der Waals surface area contributed by atoms with Crippen LogP contribution < -0.4 is 11.1 Å². The summed E-state index contributed by atoms with van der Waals surface area (Å²) in [5, 5.41) is 4.84. The molecular formula is C16H19ClN4O2. The summed E-state index contributed by atoms with van der Waals surface area (Å²) in [7, 11) is 0. The molecule has 1 saturated heterocycles. The van der Waals surface area contributed by atoms with Crippen LogP contribution in [0.4, 0.5) is 5.69 Å². The fourth-order valence-electron chi connectivity index (χ4n) is 2.67. The number of halogens is 1. The highest BCUT2D eigenvalue weighted by Crippen LogP contribution is 2.29. The smallest absolute Gasteiger partial charge is 0.270 e. The van der Waals surface area contributed by atoms with Crippen molar-refractivity contribution in [1.82, 2.24) is 15.2 Å². The van der Waals surface area contributed by atoms with E-state index in [1.165, 1.54) is 0 Å². The molecule has 3 N–H and O–H groups in total. The van der Waals surface area contributed by atoms with E-state index >= 15 is 0 Å². The van der Waals surface area contributed by atoms with Crippen molar-refractivity contribution in [2.45, 2.75) is 0 Å². The van der Waals surface area contributed by atoms with Crippen molar-refractivity contribution in [3.05, 3.63) is 35.1 Å². The van der Waals surface area contributed by atoms with Gasteiger partial charge in [-0.15, -0.1) is 0 Å². The van der Waals surface area contributed by atoms with Crippen LogP contribution in [0.15, 0.2) is 24.4 Å². The number of aromatic nitrogens is 1. The van der Waals surface area contributed by atoms with Crippen LogP contribution >= 0.6 is 11.6 Å². The Labute approximate surface area is 139 Å². The molecule has 1 aromatic carbocycles. The third-order valence-electron chi connectivity index (χ3n) is 3.97. The third kappa shape index (κ3) is 3.55. The maximum Gasteiger partial charge on any atom is 0.270 e. The number of carbonyl (C=O) groups is 1. The van der Waals surface area contributed by atoms with E-state index in [2.05, 4.69) is 15.2 Å². The number of ether oxygens (including phenoxy) is 1. The van der Waals surface area contributed by atoms with E-state index in [0.717, 1.165) is 38.2 Å². The second-order valence-corrected chi connectivity index (χ2v) is 5.83. The molecule has 0 aliphatic carbocycles. The molecule has 1 amide bonds. The maximum absolute atomic E-state index is 12.4. The second-order valence-electron chi connectivity index (χ2n) is 5.43. The Morgan fingerprint density at radius 1 is 1.30 bits per heavy atom. The Kier molecular flexibility index (Phi) is 4.95. The van der Waals surface area contributed by atoms with Crippen LogP contribution in [0.5, 0.6) is 0 Å². The van der Waals surface area contributed by atoms with E-state index in [-0.39, 0.29) is 5.91 Å². The van der Waals surface area contributed by atoms with Gasteiger partial charge in [-0.3, -0.25) is 14.7 Å². The van der Waals surface area contributed by atoms with E-state index in [4.69, 9.17) is 22.1 Å². The minimum Gasteiger partial charge on any atom is -0.397 e. The molecule has 2 heterocycles. The van der Waals surface area contributed by atoms with Crippen molar-refractivity contribution in [3.8, 4) is 0 Å². The standard InChI is InChI=1S/C16H19ClN4O2/c17-13-2-1-12-11(14(13)18)3-4-19-15(12)16(22)20-5-6-21-7-9-23-10-8-21/h1-4H,5-10,18H2,(H,20,22). The van der Waals surface area contributed by atoms with Gasteiger partial charge in [-0.2, -0.15) is 0 Å². The van der Waals surface area contributed by atoms with Gasteiger partial charge in [0.15, 0.2) is 0 Å². The van der Waals surface area contributed by atoms with Crippen LogP contribution in [0.1, 0.15) is 10.5 Å². The van der Waals surface area contributed by atoms with Gasteiger partial charge in [0, 0.05) is 43.1 Å². The number of anilines is 1. The lowest BCUT2D eigenvalue weighted by atomic mass is 10.1. The van der Waals surface area contributed by atoms with Crippen LogP contribution in [0.25, 0.3) is 10.8 Å². The largest absolute Gasteiger partial charge is 0.397 e. The normalized spacial score (nSPS) is 15.7. The average Bonchev–Trinajstić information content (AvgIpc) is 2.58. The highest BCUT2D eigenvalue weighted by Gasteiger charge is 2.15. The molecule has 0 radical (unpaired) electrons. The second kappa shape index (κ2) is 7.12. The number of morpholine rings is 1. The minimum absolute atomic E-state index is 0.203. The quantitative estimate of drug-likeness (QED) is 0.829. The number of nitrogens with zero attached hydrogens (tertiary/aromatic N) is 2. The van der Waals surface area contributed by atoms with E-state index in [1.54, 1.807) is 24.4 Å². The van der Waals surface area contributed by atoms with Crippen molar-refractivity contribution < 1.29 is 9.53 Å². The fourth-order valence-corrected chi connectivity index (χ4v) is 2.83. The zero-order chi connectivity index (χ0) is 16.2. The van der Waals surface area contributed by atoms with Crippen LogP contribution in [-0.2, 0) is 4.74 Å². The van der Waals surface area contributed by atoms with Gasteiger partial charge < -0.3 is 15.8 Å². The first-order valence-corrected chi connectivity index (χ1v) is 7.95. The summed E-state index contributed by atoms with van der Waals surface area (Å²) < 4.78 is 5.30. The molecule has 0 unspecified atom stereocenters. The molecule has 1 fully saturated rings. The van der Waals surface area contributed by atoms with Crippen molar-refractivity contribution in [2.24, 2.45) is 0 Å². The lowest BCUT2D eigenvalue weighted by Crippen LogP contribution is -2.41. The molecule has 0 atom stereocenters. The van der Waals surface area contributed by atoms with Gasteiger partial charge in [0.2, 0.25) is 0 Å². The number of nitrogen functional groups attached to an aromatic ring is 1. The number of amides is 1. The molecule has 3 rings (SSSR count). The summed E-state index contributed by atoms with van der Waals surface area (Å²) in [5.41, 5.74) is 6.81. The SMILES string of the molecule is Nc1c(Cl)ccc2c(C(=O)NCCN3CCOCC3)nccc12. The van der Waals surface area contributed by atoms with Crippen LogP contribution in [0.2, 0.25) is 5.02 Å². The summed E-state index contributed by atoms with van der Waals surface area (Å²) in [6.45, 7) is 4.67. The molecular weight excluding hydrogens is 316 g/mol. The topological polar surface area (TPSA) is 80.5 Å². The van der Waals surface area contributed by atoms with E-state index in [1.807, 2.05) is 0 Å². The third-order valence-corrected chi connectivity index (χ3v) is 4.30. The van der Waals surface area contributed by atoms with Gasteiger partial charge in [0.05, 0.1) is 23.9 Å². The number of benzene rings is 1. The van der Waals surface area contributed by atoms with Crippen molar-refractivity contribution in [1.29, 1.82) is 0 Å². The number of pyridine rings is 1. The monoisotopic (exact) mass is 334 g/mol. The summed E-state index contributed by atoms with van der Waals surface area (Å²) in [6, 6.07) is 5.23. The van der Waals surface area contributed by atoms with Crippen molar-refractivity contribution >= 4 is 34.0 Å². The highest BCUT2D eigenvalue weighted by molar-refractivity contribution is 6.34. The number of fused-ring (bicyclic) bond motifs is 1. The number of rotatable bonds is 4. The first kappa shape index (κ1) is 16.0. The fraction of sp³-hybridized carbons (Fsp3) is 0.375. The van der Waals surface area contributed by atoms with Crippen molar-refractivity contribution in [2.75, 3.05) is 45.1 Å². The zero-order valence-corrected chi connectivity index (χ0v) is 13.5. The van der Waals surface area contributed by atoms with Gasteiger partial charge in [-0.05, 0) is 12.1 Å². The van der Waals surface area contributed by atoms with Gasteiger partial charge >= 0.3 is 0 Å². The molecule has 2 aromatic rings. The van der Waals surface area contributed by atoms with Crippen LogP contribution in [-0.4, -0.2) is 55.2 Å². The first-order valence-electron chi connectivity index (χ1n) is 7.58. The number of carbonyl (C=O) groups excluding carboxylic acids is 1. The Morgan fingerprint density at radius 3 is 2.87 bits per heavy atom. The highest BCUT2D eigenvalue weighted by atomic mass is 35.5. The Morgan fingerprint density at radius 2 is 2.09 bits per heavy atom. The predicted octanol–water partition coefficient (Wildman–Crippen LogP) is 1.53. The summed E-state index contributed by atoms with van der Waals surface area (Å²) >= 11 is 6.03. The molecule has 122 valence electrons. The Bertz CT molecular complexity index is 717. The molecule has 1 aromatic heterocycles. The van der Waals surface area contributed by atoms with Crippen molar-refractivity contribution in [3.63, 3.8) is 0 Å². The Hall–Kier alpha value is -1.89. The van der Waals surface area contributed by atoms with E-state index < -0.39 is 0 Å². The maximum atomic E-state index is 12.4. The number of nitrogens with two attached hydrogens (primary N) is 1. The summed E-state index contributed by atoms with van der Waals surface area (Å²) in [5.74, 6) is -0.203. The first-order chi connectivity index (χ1) is 11.2. The van der Waals surface area contributed by atoms with Gasteiger partial charge in [0.1, 0.15) is 5.69 Å². The van der Waals surface area contributed by atoms with Gasteiger partial charge in [0.25, 0.3) is 5.91 Å². The van der Waals surface area contributed by atoms with Gasteiger partial charge in [-0.1, -0.05) is 17.7 Å². The predicted molar refractivity (Wildman–Crippen MR) is 90.8 cm³/mol. The van der Waals surface area contributed by atoms with Crippen LogP contribution in [0, 0.1) is 0 Å². The number of nitrogens with one attached hydrogen (secondary N) is 1. The molecule has 0 bridgehead atoms. The summed E-state index contributed by atoms with van der Waals surface area (Å²) in [6.07, 6.45) is 1.58. The average molecular weight is 335 g/mol. The van der Waals surface area contributed by atoms with Gasteiger partial charge in [-0.25, -0.2) is 0 Å². The lowest BCUT2D eigenvalue weighted by Gasteiger charge is -2.26. The molecule has 6 nitrogen and oxygen atoms in total. The number of hydrogen-bond donors (Lipinski definition) is 2. The zero-order valence-electron chi connectivity index (χ0n) is 12.7. The lowest BCUT2D eigenvalue weighted by molar-refractivity contribution is 0.0383.